The number of nitrogens with zero attached hydrogens (tertiary/aromatic N) is 1. The van der Waals surface area contributed by atoms with Crippen molar-refractivity contribution >= 4 is 35.1 Å². The maximum Gasteiger partial charge on any atom is 0.279 e. The van der Waals surface area contributed by atoms with Gasteiger partial charge in [-0.25, -0.2) is 4.39 Å². The fourth-order valence-corrected chi connectivity index (χ4v) is 4.62. The zero-order chi connectivity index (χ0) is 23.9. The van der Waals surface area contributed by atoms with Crippen LogP contribution in [0.4, 0.5) is 4.39 Å². The van der Waals surface area contributed by atoms with E-state index < -0.39 is 5.91 Å². The molecule has 1 aromatic heterocycles. The van der Waals surface area contributed by atoms with Crippen molar-refractivity contribution in [3.8, 4) is 10.4 Å². The number of hydrogen-bond acceptors (Lipinski definition) is 4. The van der Waals surface area contributed by atoms with Gasteiger partial charge in [-0.1, -0.05) is 42.5 Å². The van der Waals surface area contributed by atoms with Crippen molar-refractivity contribution in [1.82, 2.24) is 15.8 Å². The van der Waals surface area contributed by atoms with E-state index in [-0.39, 0.29) is 23.5 Å². The first-order chi connectivity index (χ1) is 16.5. The fourth-order valence-electron chi connectivity index (χ4n) is 3.71. The van der Waals surface area contributed by atoms with Gasteiger partial charge < -0.3 is 4.90 Å². The van der Waals surface area contributed by atoms with Crippen LogP contribution in [-0.4, -0.2) is 35.7 Å². The molecule has 0 unspecified atom stereocenters. The molecule has 3 amide bonds. The molecule has 2 aromatic carbocycles. The van der Waals surface area contributed by atoms with Gasteiger partial charge >= 0.3 is 0 Å². The summed E-state index contributed by atoms with van der Waals surface area (Å²) >= 11 is 1.26. The average molecular weight is 478 g/mol. The van der Waals surface area contributed by atoms with Crippen molar-refractivity contribution < 1.29 is 18.8 Å². The maximum absolute atomic E-state index is 13.1. The third-order valence-electron chi connectivity index (χ3n) is 5.65. The molecule has 2 N–H and O–H groups in total. The van der Waals surface area contributed by atoms with E-state index >= 15 is 0 Å². The topological polar surface area (TPSA) is 78.5 Å². The summed E-state index contributed by atoms with van der Waals surface area (Å²) in [5, 5.41) is 0. The van der Waals surface area contributed by atoms with Gasteiger partial charge in [0.1, 0.15) is 5.82 Å². The highest BCUT2D eigenvalue weighted by Gasteiger charge is 2.27. The number of carbonyl (C=O) groups is 3. The fraction of sp³-hybridized carbons (Fsp3) is 0.192. The second-order valence-corrected chi connectivity index (χ2v) is 9.04. The Hall–Kier alpha value is -3.78. The minimum Gasteiger partial charge on any atom is -0.339 e. The van der Waals surface area contributed by atoms with Crippen molar-refractivity contribution in [2.75, 3.05) is 13.1 Å². The second-order valence-electron chi connectivity index (χ2n) is 7.96. The average Bonchev–Trinajstić information content (AvgIpc) is 3.37. The van der Waals surface area contributed by atoms with Crippen LogP contribution < -0.4 is 10.9 Å². The van der Waals surface area contributed by atoms with Crippen LogP contribution in [0.5, 0.6) is 0 Å². The van der Waals surface area contributed by atoms with Crippen LogP contribution in [0.15, 0.2) is 72.8 Å². The number of piperidine rings is 1. The summed E-state index contributed by atoms with van der Waals surface area (Å²) < 4.78 is 13.1. The molecule has 0 saturated carbocycles. The van der Waals surface area contributed by atoms with E-state index in [0.29, 0.717) is 30.8 Å². The molecule has 1 fully saturated rings. The summed E-state index contributed by atoms with van der Waals surface area (Å²) in [4.78, 5) is 40.3. The van der Waals surface area contributed by atoms with E-state index in [9.17, 15) is 18.8 Å². The number of carbonyl (C=O) groups excluding carboxylic acids is 3. The van der Waals surface area contributed by atoms with Crippen molar-refractivity contribution in [3.63, 3.8) is 0 Å². The lowest BCUT2D eigenvalue weighted by atomic mass is 9.96. The van der Waals surface area contributed by atoms with Gasteiger partial charge in [0.15, 0.2) is 0 Å². The first kappa shape index (κ1) is 23.4. The van der Waals surface area contributed by atoms with Crippen LogP contribution in [0.1, 0.15) is 28.1 Å². The van der Waals surface area contributed by atoms with E-state index in [1.807, 2.05) is 30.3 Å². The molecule has 1 aliphatic heterocycles. The van der Waals surface area contributed by atoms with Gasteiger partial charge in [0, 0.05) is 30.0 Å². The van der Waals surface area contributed by atoms with E-state index in [1.165, 1.54) is 23.5 Å². The van der Waals surface area contributed by atoms with E-state index in [0.717, 1.165) is 16.0 Å². The Balaban J connectivity index is 1.23. The molecule has 0 spiro atoms. The Labute approximate surface area is 201 Å². The Kier molecular flexibility index (Phi) is 7.49. The smallest absolute Gasteiger partial charge is 0.279 e. The molecule has 174 valence electrons. The number of likely N-dealkylation sites (tertiary alicyclic amines) is 1. The molecule has 1 aliphatic rings. The molecular weight excluding hydrogens is 453 g/mol. The lowest BCUT2D eigenvalue weighted by molar-refractivity contribution is -0.132. The minimum absolute atomic E-state index is 0.0781. The van der Waals surface area contributed by atoms with Crippen LogP contribution in [-0.2, 0) is 9.59 Å². The lowest BCUT2D eigenvalue weighted by Crippen LogP contribution is -2.47. The lowest BCUT2D eigenvalue weighted by Gasteiger charge is -2.30. The highest BCUT2D eigenvalue weighted by molar-refractivity contribution is 7.17. The summed E-state index contributed by atoms with van der Waals surface area (Å²) in [6, 6.07) is 19.1. The molecule has 1 saturated heterocycles. The highest BCUT2D eigenvalue weighted by Crippen LogP contribution is 2.28. The van der Waals surface area contributed by atoms with Gasteiger partial charge in [0.25, 0.3) is 5.91 Å². The van der Waals surface area contributed by atoms with Gasteiger partial charge in [0.2, 0.25) is 11.8 Å². The summed E-state index contributed by atoms with van der Waals surface area (Å²) in [7, 11) is 0. The zero-order valence-corrected chi connectivity index (χ0v) is 19.2. The summed E-state index contributed by atoms with van der Waals surface area (Å²) in [6.45, 7) is 0.964. The van der Waals surface area contributed by atoms with Crippen molar-refractivity contribution in [3.05, 3.63) is 89.1 Å². The number of benzene rings is 2. The van der Waals surface area contributed by atoms with Gasteiger partial charge in [0.05, 0.1) is 4.88 Å². The molecule has 34 heavy (non-hydrogen) atoms. The molecular formula is C26H24FN3O3S. The van der Waals surface area contributed by atoms with Crippen LogP contribution in [0.25, 0.3) is 16.5 Å². The molecule has 2 heterocycles. The van der Waals surface area contributed by atoms with Gasteiger partial charge in [-0.3, -0.25) is 25.2 Å². The van der Waals surface area contributed by atoms with Crippen molar-refractivity contribution in [2.24, 2.45) is 5.92 Å². The van der Waals surface area contributed by atoms with Crippen LogP contribution in [0.3, 0.4) is 0 Å². The number of thiophene rings is 1. The third-order valence-corrected chi connectivity index (χ3v) is 6.79. The van der Waals surface area contributed by atoms with Gasteiger partial charge in [-0.2, -0.15) is 0 Å². The van der Waals surface area contributed by atoms with Crippen molar-refractivity contribution in [1.29, 1.82) is 0 Å². The van der Waals surface area contributed by atoms with E-state index in [4.69, 9.17) is 0 Å². The molecule has 0 atom stereocenters. The molecule has 0 aliphatic carbocycles. The van der Waals surface area contributed by atoms with Crippen LogP contribution >= 0.6 is 11.3 Å². The molecule has 4 rings (SSSR count). The normalized spacial score (nSPS) is 14.2. The van der Waals surface area contributed by atoms with Gasteiger partial charge in [-0.15, -0.1) is 11.3 Å². The zero-order valence-electron chi connectivity index (χ0n) is 18.4. The van der Waals surface area contributed by atoms with E-state index in [2.05, 4.69) is 10.9 Å². The Morgan fingerprint density at radius 1 is 0.912 bits per heavy atom. The standard InChI is InChI=1S/C26H24FN3O3S/c27-21-9-7-19(8-10-21)22-11-12-23(34-22)26(33)29-28-25(32)20-14-16-30(17-15-20)24(31)13-6-18-4-2-1-3-5-18/h1-13,20H,14-17H2,(H,28,32)(H,29,33)/b13-6+. The molecule has 6 nitrogen and oxygen atoms in total. The van der Waals surface area contributed by atoms with Crippen molar-refractivity contribution in [2.45, 2.75) is 12.8 Å². The number of nitrogens with one attached hydrogen (secondary N) is 2. The first-order valence-electron chi connectivity index (χ1n) is 11.0. The van der Waals surface area contributed by atoms with E-state index in [1.54, 1.807) is 41.3 Å². The maximum atomic E-state index is 13.1. The Bertz CT molecular complexity index is 1180. The number of halogens is 1. The predicted molar refractivity (Wildman–Crippen MR) is 130 cm³/mol. The number of hydrogen-bond donors (Lipinski definition) is 2. The molecule has 0 radical (unpaired) electrons. The molecule has 0 bridgehead atoms. The Morgan fingerprint density at radius 3 is 2.32 bits per heavy atom. The summed E-state index contributed by atoms with van der Waals surface area (Å²) in [5.41, 5.74) is 6.73. The minimum atomic E-state index is -0.412. The quantitative estimate of drug-likeness (QED) is 0.426. The number of rotatable bonds is 5. The molecule has 8 heteroatoms. The summed E-state index contributed by atoms with van der Waals surface area (Å²) in [5.74, 6) is -1.35. The molecule has 3 aromatic rings. The first-order valence-corrected chi connectivity index (χ1v) is 11.8. The monoisotopic (exact) mass is 477 g/mol. The van der Waals surface area contributed by atoms with Crippen LogP contribution in [0.2, 0.25) is 0 Å². The number of amides is 3. The summed E-state index contributed by atoms with van der Waals surface area (Å²) in [6.07, 6.45) is 4.39. The Morgan fingerprint density at radius 2 is 1.62 bits per heavy atom. The second kappa shape index (κ2) is 10.9. The number of hydrazine groups is 1. The predicted octanol–water partition coefficient (Wildman–Crippen LogP) is 4.27. The van der Waals surface area contributed by atoms with Crippen LogP contribution in [0, 0.1) is 11.7 Å². The largest absolute Gasteiger partial charge is 0.339 e. The highest BCUT2D eigenvalue weighted by atomic mass is 32.1. The van der Waals surface area contributed by atoms with Gasteiger partial charge in [-0.05, 0) is 54.3 Å². The SMILES string of the molecule is O=C(NNC(=O)C1CCN(C(=O)/C=C/c2ccccc2)CC1)c1ccc(-c2ccc(F)cc2)s1. The third kappa shape index (κ3) is 5.96.